The van der Waals surface area contributed by atoms with Crippen LogP contribution in [0.2, 0.25) is 0 Å². The van der Waals surface area contributed by atoms with Crippen LogP contribution in [0.4, 0.5) is 0 Å². The van der Waals surface area contributed by atoms with Crippen LogP contribution in [0.15, 0.2) is 52.9 Å². The van der Waals surface area contributed by atoms with Gasteiger partial charge >= 0.3 is 0 Å². The van der Waals surface area contributed by atoms with Gasteiger partial charge in [-0.3, -0.25) is 4.79 Å². The smallest absolute Gasteiger partial charge is 0.150 e. The molecule has 3 aromatic rings. The van der Waals surface area contributed by atoms with E-state index in [1.54, 1.807) is 19.2 Å². The largest absolute Gasteiger partial charge is 0.497 e. The van der Waals surface area contributed by atoms with Crippen LogP contribution >= 0.6 is 0 Å². The van der Waals surface area contributed by atoms with Crippen LogP contribution < -0.4 is 4.74 Å². The summed E-state index contributed by atoms with van der Waals surface area (Å²) in [5, 5.41) is 1.02. The average Bonchev–Trinajstić information content (AvgIpc) is 2.90. The van der Waals surface area contributed by atoms with Crippen LogP contribution in [-0.2, 0) is 0 Å². The van der Waals surface area contributed by atoms with Crippen LogP contribution in [0.5, 0.6) is 5.75 Å². The number of carbonyl (C=O) groups excluding carboxylic acids is 1. The summed E-state index contributed by atoms with van der Waals surface area (Å²) in [6.07, 6.45) is 0.827. The highest BCUT2D eigenvalue weighted by Crippen LogP contribution is 2.30. The molecular weight excluding hydrogens is 240 g/mol. The number of fused-ring (bicyclic) bond motifs is 1. The summed E-state index contributed by atoms with van der Waals surface area (Å²) in [7, 11) is 1.63. The lowest BCUT2D eigenvalue weighted by Crippen LogP contribution is -1.79. The molecular formula is C16H12O3. The predicted molar refractivity (Wildman–Crippen MR) is 73.6 cm³/mol. The summed E-state index contributed by atoms with van der Waals surface area (Å²) < 4.78 is 11.0. The van der Waals surface area contributed by atoms with E-state index in [1.165, 1.54) is 0 Å². The Bertz CT molecular complexity index is 723. The predicted octanol–water partition coefficient (Wildman–Crippen LogP) is 3.92. The van der Waals surface area contributed by atoms with Crippen molar-refractivity contribution in [3.63, 3.8) is 0 Å². The minimum absolute atomic E-state index is 0.654. The molecule has 0 unspecified atom stereocenters. The number of rotatable bonds is 3. The Morgan fingerprint density at radius 3 is 2.53 bits per heavy atom. The van der Waals surface area contributed by atoms with Gasteiger partial charge in [0.05, 0.1) is 7.11 Å². The third-order valence-electron chi connectivity index (χ3n) is 3.06. The molecule has 2 aromatic carbocycles. The van der Waals surface area contributed by atoms with Crippen LogP contribution in [0.25, 0.3) is 22.3 Å². The summed E-state index contributed by atoms with van der Waals surface area (Å²) in [5.74, 6) is 1.55. The molecule has 3 nitrogen and oxygen atoms in total. The first kappa shape index (κ1) is 11.5. The number of carbonyl (C=O) groups is 1. The quantitative estimate of drug-likeness (QED) is 0.663. The van der Waals surface area contributed by atoms with Gasteiger partial charge in [-0.1, -0.05) is 24.3 Å². The zero-order chi connectivity index (χ0) is 13.2. The molecule has 0 radical (unpaired) electrons. The zero-order valence-corrected chi connectivity index (χ0v) is 10.4. The molecule has 0 aliphatic heterocycles. The second kappa shape index (κ2) is 4.61. The SMILES string of the molecule is COc1ccc2cc(-c3ccc(C=O)cc3)oc2c1. The molecule has 0 spiro atoms. The van der Waals surface area contributed by atoms with Crippen LogP contribution in [0, 0.1) is 0 Å². The van der Waals surface area contributed by atoms with Crippen molar-refractivity contribution in [2.24, 2.45) is 0 Å². The number of furan rings is 1. The van der Waals surface area contributed by atoms with Crippen molar-refractivity contribution in [1.29, 1.82) is 0 Å². The first-order valence-corrected chi connectivity index (χ1v) is 5.93. The number of aldehydes is 1. The van der Waals surface area contributed by atoms with Gasteiger partial charge in [-0.15, -0.1) is 0 Å². The Morgan fingerprint density at radius 2 is 1.84 bits per heavy atom. The first-order valence-electron chi connectivity index (χ1n) is 5.93. The molecule has 0 saturated heterocycles. The highest BCUT2D eigenvalue weighted by atomic mass is 16.5. The van der Waals surface area contributed by atoms with Crippen LogP contribution in [0.3, 0.4) is 0 Å². The van der Waals surface area contributed by atoms with E-state index in [1.807, 2.05) is 36.4 Å². The Balaban J connectivity index is 2.06. The third kappa shape index (κ3) is 2.10. The van der Waals surface area contributed by atoms with Gasteiger partial charge in [0.15, 0.2) is 0 Å². The van der Waals surface area contributed by atoms with Gasteiger partial charge < -0.3 is 9.15 Å². The van der Waals surface area contributed by atoms with Crippen molar-refractivity contribution >= 4 is 17.3 Å². The number of benzene rings is 2. The summed E-state index contributed by atoms with van der Waals surface area (Å²) in [4.78, 5) is 10.6. The van der Waals surface area contributed by atoms with Crippen molar-refractivity contribution in [1.82, 2.24) is 0 Å². The average molecular weight is 252 g/mol. The molecule has 19 heavy (non-hydrogen) atoms. The van der Waals surface area contributed by atoms with E-state index >= 15 is 0 Å². The maximum Gasteiger partial charge on any atom is 0.150 e. The molecule has 0 saturated carbocycles. The Labute approximate surface area is 110 Å². The van der Waals surface area contributed by atoms with Gasteiger partial charge in [0.25, 0.3) is 0 Å². The molecule has 0 N–H and O–H groups in total. The van der Waals surface area contributed by atoms with Gasteiger partial charge in [0.1, 0.15) is 23.4 Å². The number of ether oxygens (including phenoxy) is 1. The molecule has 0 fully saturated rings. The first-order chi connectivity index (χ1) is 9.30. The van der Waals surface area contributed by atoms with E-state index in [0.717, 1.165) is 34.3 Å². The topological polar surface area (TPSA) is 39.4 Å². The van der Waals surface area contributed by atoms with Crippen molar-refractivity contribution in [2.45, 2.75) is 0 Å². The summed E-state index contributed by atoms with van der Waals surface area (Å²) >= 11 is 0. The molecule has 0 atom stereocenters. The highest BCUT2D eigenvalue weighted by Gasteiger charge is 2.07. The van der Waals surface area contributed by atoms with Gasteiger partial charge in [0.2, 0.25) is 0 Å². The highest BCUT2D eigenvalue weighted by molar-refractivity contribution is 5.84. The maximum atomic E-state index is 10.6. The fourth-order valence-corrected chi connectivity index (χ4v) is 2.01. The molecule has 94 valence electrons. The second-order valence-electron chi connectivity index (χ2n) is 4.25. The van der Waals surface area contributed by atoms with E-state index in [4.69, 9.17) is 9.15 Å². The van der Waals surface area contributed by atoms with Gasteiger partial charge in [0, 0.05) is 22.6 Å². The molecule has 1 aromatic heterocycles. The molecule has 0 aliphatic rings. The second-order valence-corrected chi connectivity index (χ2v) is 4.25. The maximum absolute atomic E-state index is 10.6. The summed E-state index contributed by atoms with van der Waals surface area (Å²) in [6, 6.07) is 15.0. The fraction of sp³-hybridized carbons (Fsp3) is 0.0625. The van der Waals surface area contributed by atoms with Gasteiger partial charge in [-0.2, -0.15) is 0 Å². The Kier molecular flexibility index (Phi) is 2.80. The lowest BCUT2D eigenvalue weighted by atomic mass is 10.1. The monoisotopic (exact) mass is 252 g/mol. The molecule has 3 heteroatoms. The van der Waals surface area contributed by atoms with E-state index < -0.39 is 0 Å². The van der Waals surface area contributed by atoms with Crippen molar-refractivity contribution < 1.29 is 13.9 Å². The van der Waals surface area contributed by atoms with E-state index in [2.05, 4.69) is 0 Å². The summed E-state index contributed by atoms with van der Waals surface area (Å²) in [6.45, 7) is 0. The van der Waals surface area contributed by atoms with E-state index in [-0.39, 0.29) is 0 Å². The van der Waals surface area contributed by atoms with Crippen molar-refractivity contribution in [3.05, 3.63) is 54.1 Å². The standard InChI is InChI=1S/C16H12O3/c1-18-14-7-6-13-8-15(19-16(13)9-14)12-4-2-11(10-17)3-5-12/h2-10H,1H3. The number of hydrogen-bond acceptors (Lipinski definition) is 3. The Morgan fingerprint density at radius 1 is 1.05 bits per heavy atom. The molecule has 3 rings (SSSR count). The molecule has 0 bridgehead atoms. The normalized spacial score (nSPS) is 10.6. The lowest BCUT2D eigenvalue weighted by molar-refractivity contribution is 0.112. The molecule has 0 aliphatic carbocycles. The van der Waals surface area contributed by atoms with Gasteiger partial charge in [-0.25, -0.2) is 0 Å². The fourth-order valence-electron chi connectivity index (χ4n) is 2.01. The minimum atomic E-state index is 0.654. The summed E-state index contributed by atoms with van der Waals surface area (Å²) in [5.41, 5.74) is 2.39. The van der Waals surface area contributed by atoms with Crippen molar-refractivity contribution in [3.8, 4) is 17.1 Å². The zero-order valence-electron chi connectivity index (χ0n) is 10.4. The third-order valence-corrected chi connectivity index (χ3v) is 3.06. The van der Waals surface area contributed by atoms with E-state index in [9.17, 15) is 4.79 Å². The Hall–Kier alpha value is -2.55. The van der Waals surface area contributed by atoms with E-state index in [0.29, 0.717) is 5.56 Å². The number of methoxy groups -OCH3 is 1. The van der Waals surface area contributed by atoms with Crippen LogP contribution in [0.1, 0.15) is 10.4 Å². The molecule has 0 amide bonds. The molecule has 1 heterocycles. The lowest BCUT2D eigenvalue weighted by Gasteiger charge is -1.97. The minimum Gasteiger partial charge on any atom is -0.497 e. The van der Waals surface area contributed by atoms with Crippen molar-refractivity contribution in [2.75, 3.05) is 7.11 Å². The number of hydrogen-bond donors (Lipinski definition) is 0. The van der Waals surface area contributed by atoms with Gasteiger partial charge in [-0.05, 0) is 18.2 Å². The van der Waals surface area contributed by atoms with Crippen LogP contribution in [-0.4, -0.2) is 13.4 Å².